The summed E-state index contributed by atoms with van der Waals surface area (Å²) in [5.41, 5.74) is 1.26. The molecule has 0 spiro atoms. The highest BCUT2D eigenvalue weighted by Gasteiger charge is 2.11. The lowest BCUT2D eigenvalue weighted by atomic mass is 10.1. The molecule has 0 aliphatic rings. The van der Waals surface area contributed by atoms with E-state index in [0.717, 1.165) is 0 Å². The minimum Gasteiger partial charge on any atom is -0.504 e. The fourth-order valence-corrected chi connectivity index (χ4v) is 3.16. The average Bonchev–Trinajstić information content (AvgIpc) is 2.59. The third-order valence-corrected chi connectivity index (χ3v) is 4.87. The highest BCUT2D eigenvalue weighted by molar-refractivity contribution is 9.10. The van der Waals surface area contributed by atoms with Crippen LogP contribution in [0.2, 0.25) is 0 Å². The summed E-state index contributed by atoms with van der Waals surface area (Å²) in [6, 6.07) is 7.79. The SMILES string of the molecule is N#CC(=Cc1cc(O)c(O)c(Br)c1)C(=S)NCc1cc(O)c(O)c(Br)c1. The van der Waals surface area contributed by atoms with Gasteiger partial charge in [0.2, 0.25) is 0 Å². The van der Waals surface area contributed by atoms with Crippen molar-refractivity contribution >= 4 is 55.1 Å². The highest BCUT2D eigenvalue weighted by atomic mass is 79.9. The molecule has 5 N–H and O–H groups in total. The maximum absolute atomic E-state index is 9.64. The Kier molecular flexibility index (Phi) is 6.47. The molecule has 0 saturated carbocycles. The van der Waals surface area contributed by atoms with E-state index in [1.807, 2.05) is 6.07 Å². The number of rotatable bonds is 4. The summed E-state index contributed by atoms with van der Waals surface area (Å²) in [6.45, 7) is 0.217. The Labute approximate surface area is 171 Å². The van der Waals surface area contributed by atoms with E-state index in [1.165, 1.54) is 24.3 Å². The monoisotopic (exact) mass is 498 g/mol. The molecule has 0 aromatic heterocycles. The lowest BCUT2D eigenvalue weighted by molar-refractivity contribution is 0.401. The van der Waals surface area contributed by atoms with Crippen LogP contribution in [0.5, 0.6) is 23.0 Å². The Morgan fingerprint density at radius 3 is 2.15 bits per heavy atom. The number of hydrogen-bond acceptors (Lipinski definition) is 6. The van der Waals surface area contributed by atoms with Gasteiger partial charge in [-0.25, -0.2) is 0 Å². The molecule has 0 saturated heterocycles. The van der Waals surface area contributed by atoms with Crippen LogP contribution in [-0.4, -0.2) is 25.4 Å². The number of nitrogens with zero attached hydrogens (tertiary/aromatic N) is 1. The molecule has 2 aromatic rings. The van der Waals surface area contributed by atoms with E-state index in [0.29, 0.717) is 15.6 Å². The topological polar surface area (TPSA) is 117 Å². The summed E-state index contributed by atoms with van der Waals surface area (Å²) in [5.74, 6) is -1.15. The summed E-state index contributed by atoms with van der Waals surface area (Å²) >= 11 is 11.4. The van der Waals surface area contributed by atoms with Gasteiger partial charge in [0, 0.05) is 6.54 Å². The fourth-order valence-electron chi connectivity index (χ4n) is 2.02. The van der Waals surface area contributed by atoms with Gasteiger partial charge < -0.3 is 25.7 Å². The smallest absolute Gasteiger partial charge is 0.171 e. The van der Waals surface area contributed by atoms with Crippen LogP contribution in [0.3, 0.4) is 0 Å². The van der Waals surface area contributed by atoms with Crippen LogP contribution in [0.25, 0.3) is 6.08 Å². The zero-order chi connectivity index (χ0) is 19.4. The quantitative estimate of drug-likeness (QED) is 0.186. The number of aromatic hydroxyl groups is 4. The van der Waals surface area contributed by atoms with E-state index in [-0.39, 0.29) is 44.6 Å². The van der Waals surface area contributed by atoms with Gasteiger partial charge in [0.05, 0.1) is 14.5 Å². The van der Waals surface area contributed by atoms with Crippen molar-refractivity contribution in [3.05, 3.63) is 49.9 Å². The Bertz CT molecular complexity index is 908. The van der Waals surface area contributed by atoms with Crippen molar-refractivity contribution in [3.63, 3.8) is 0 Å². The van der Waals surface area contributed by atoms with Crippen LogP contribution in [0.15, 0.2) is 38.8 Å². The van der Waals surface area contributed by atoms with Gasteiger partial charge in [-0.2, -0.15) is 5.26 Å². The summed E-state index contributed by atoms with van der Waals surface area (Å²) in [6.07, 6.45) is 1.46. The first-order chi connectivity index (χ1) is 12.2. The number of nitriles is 1. The molecule has 0 unspecified atom stereocenters. The predicted octanol–water partition coefficient (Wildman–Crippen LogP) is 4.06. The normalized spacial score (nSPS) is 11.0. The van der Waals surface area contributed by atoms with Gasteiger partial charge in [-0.1, -0.05) is 12.2 Å². The van der Waals surface area contributed by atoms with Crippen molar-refractivity contribution in [2.45, 2.75) is 6.54 Å². The summed E-state index contributed by atoms with van der Waals surface area (Å²) in [5, 5.41) is 50.5. The summed E-state index contributed by atoms with van der Waals surface area (Å²) in [7, 11) is 0. The molecule has 0 fully saturated rings. The lowest BCUT2D eigenvalue weighted by Gasteiger charge is -2.10. The van der Waals surface area contributed by atoms with Gasteiger partial charge in [0.15, 0.2) is 23.0 Å². The van der Waals surface area contributed by atoms with Gasteiger partial charge in [-0.15, -0.1) is 0 Å². The van der Waals surface area contributed by atoms with E-state index >= 15 is 0 Å². The maximum atomic E-state index is 9.64. The first kappa shape index (κ1) is 20.0. The van der Waals surface area contributed by atoms with Crippen molar-refractivity contribution in [2.24, 2.45) is 0 Å². The van der Waals surface area contributed by atoms with E-state index in [1.54, 1.807) is 6.07 Å². The Morgan fingerprint density at radius 2 is 1.62 bits per heavy atom. The zero-order valence-corrected chi connectivity index (χ0v) is 17.0. The molecule has 0 amide bonds. The minimum absolute atomic E-state index is 0.152. The van der Waals surface area contributed by atoms with E-state index < -0.39 is 0 Å². The second kappa shape index (κ2) is 8.40. The third kappa shape index (κ3) is 4.66. The average molecular weight is 500 g/mol. The minimum atomic E-state index is -0.328. The second-order valence-corrected chi connectivity index (χ2v) is 7.29. The van der Waals surface area contributed by atoms with E-state index in [2.05, 4.69) is 37.2 Å². The molecular formula is C17H12Br2N2O4S. The number of phenolic OH excluding ortho intramolecular Hbond substituents is 4. The number of halogens is 2. The fraction of sp³-hybridized carbons (Fsp3) is 0.0588. The zero-order valence-electron chi connectivity index (χ0n) is 13.0. The number of benzene rings is 2. The van der Waals surface area contributed by atoms with Gasteiger partial charge in [0.25, 0.3) is 0 Å². The van der Waals surface area contributed by atoms with E-state index in [4.69, 9.17) is 12.2 Å². The summed E-state index contributed by atoms with van der Waals surface area (Å²) < 4.78 is 0.616. The first-order valence-electron chi connectivity index (χ1n) is 7.04. The van der Waals surface area contributed by atoms with Gasteiger partial charge >= 0.3 is 0 Å². The van der Waals surface area contributed by atoms with Crippen molar-refractivity contribution in [1.82, 2.24) is 5.32 Å². The molecule has 2 aromatic carbocycles. The standard InChI is InChI=1S/C17H12Br2N2O4S/c18-11-2-8(4-13(22)15(11)24)1-10(6-20)17(26)21-7-9-3-12(19)16(25)14(23)5-9/h1-5,22-25H,7H2,(H,21,26). The van der Waals surface area contributed by atoms with Crippen molar-refractivity contribution in [2.75, 3.05) is 0 Å². The second-order valence-electron chi connectivity index (χ2n) is 5.17. The number of hydrogen-bond donors (Lipinski definition) is 5. The Morgan fingerprint density at radius 1 is 1.04 bits per heavy atom. The van der Waals surface area contributed by atoms with Crippen LogP contribution in [0.4, 0.5) is 0 Å². The molecule has 9 heteroatoms. The molecule has 6 nitrogen and oxygen atoms in total. The largest absolute Gasteiger partial charge is 0.504 e. The molecular weight excluding hydrogens is 488 g/mol. The van der Waals surface area contributed by atoms with Crippen molar-refractivity contribution in [1.29, 1.82) is 5.26 Å². The molecule has 2 rings (SSSR count). The Hall–Kier alpha value is -2.28. The van der Waals surface area contributed by atoms with Crippen molar-refractivity contribution in [3.8, 4) is 29.1 Å². The maximum Gasteiger partial charge on any atom is 0.171 e. The van der Waals surface area contributed by atoms with Gasteiger partial charge in [0.1, 0.15) is 11.1 Å². The highest BCUT2D eigenvalue weighted by Crippen LogP contribution is 2.35. The molecule has 134 valence electrons. The van der Waals surface area contributed by atoms with E-state index in [9.17, 15) is 25.7 Å². The predicted molar refractivity (Wildman–Crippen MR) is 108 cm³/mol. The van der Waals surface area contributed by atoms with Crippen LogP contribution in [0.1, 0.15) is 11.1 Å². The van der Waals surface area contributed by atoms with Gasteiger partial charge in [-0.3, -0.25) is 0 Å². The van der Waals surface area contributed by atoms with Crippen LogP contribution in [-0.2, 0) is 6.54 Å². The van der Waals surface area contributed by atoms with Crippen LogP contribution >= 0.6 is 44.1 Å². The molecule has 0 radical (unpaired) electrons. The number of phenols is 4. The first-order valence-corrected chi connectivity index (χ1v) is 9.04. The van der Waals surface area contributed by atoms with Crippen molar-refractivity contribution < 1.29 is 20.4 Å². The van der Waals surface area contributed by atoms with Gasteiger partial charge in [-0.05, 0) is 73.3 Å². The molecule has 0 atom stereocenters. The summed E-state index contributed by atoms with van der Waals surface area (Å²) in [4.78, 5) is 0.167. The number of thiocarbonyl (C=S) groups is 1. The Balaban J connectivity index is 2.18. The van der Waals surface area contributed by atoms with Crippen LogP contribution < -0.4 is 5.32 Å². The molecule has 0 heterocycles. The molecule has 0 bridgehead atoms. The molecule has 0 aliphatic carbocycles. The molecule has 26 heavy (non-hydrogen) atoms. The number of nitrogens with one attached hydrogen (secondary N) is 1. The van der Waals surface area contributed by atoms with Crippen LogP contribution in [0, 0.1) is 11.3 Å². The lowest BCUT2D eigenvalue weighted by Crippen LogP contribution is -2.22. The third-order valence-electron chi connectivity index (χ3n) is 3.30. The molecule has 0 aliphatic heterocycles.